The minimum absolute atomic E-state index is 0.0894. The summed E-state index contributed by atoms with van der Waals surface area (Å²) in [6, 6.07) is 0. The van der Waals surface area contributed by atoms with Gasteiger partial charge in [-0.2, -0.15) is 11.8 Å². The lowest BCUT2D eigenvalue weighted by atomic mass is 10.2. The zero-order valence-corrected chi connectivity index (χ0v) is 15.0. The van der Waals surface area contributed by atoms with Gasteiger partial charge in [0, 0.05) is 25.4 Å². The Balaban J connectivity index is 2.14. The lowest BCUT2D eigenvalue weighted by Crippen LogP contribution is -2.48. The Morgan fingerprint density at radius 2 is 1.86 bits per heavy atom. The second-order valence-corrected chi connectivity index (χ2v) is 7.64. The van der Waals surface area contributed by atoms with E-state index in [4.69, 9.17) is 9.47 Å². The summed E-state index contributed by atoms with van der Waals surface area (Å²) in [6.07, 6.45) is -0.242. The second kappa shape index (κ2) is 8.62. The Hall–Kier alpha value is -0.950. The summed E-state index contributed by atoms with van der Waals surface area (Å²) >= 11 is 1.52. The zero-order valence-electron chi connectivity index (χ0n) is 14.2. The average molecular weight is 332 g/mol. The van der Waals surface area contributed by atoms with Crippen molar-refractivity contribution in [3.63, 3.8) is 0 Å². The fourth-order valence-electron chi connectivity index (χ4n) is 2.17. The van der Waals surface area contributed by atoms with E-state index in [9.17, 15) is 9.59 Å². The molecule has 0 aromatic heterocycles. The van der Waals surface area contributed by atoms with Crippen LogP contribution < -0.4 is 5.32 Å². The number of carbonyl (C=O) groups excluding carboxylic acids is 2. The highest BCUT2D eigenvalue weighted by atomic mass is 32.2. The largest absolute Gasteiger partial charge is 0.444 e. The molecule has 0 aliphatic carbocycles. The maximum absolute atomic E-state index is 12.1. The molecule has 2 unspecified atom stereocenters. The molecule has 1 rings (SSSR count). The maximum Gasteiger partial charge on any atom is 0.407 e. The van der Waals surface area contributed by atoms with Gasteiger partial charge in [-0.25, -0.2) is 4.79 Å². The van der Waals surface area contributed by atoms with Crippen LogP contribution in [0.3, 0.4) is 0 Å². The first kappa shape index (κ1) is 19.1. The summed E-state index contributed by atoms with van der Waals surface area (Å²) in [5.74, 6) is 1.24. The Labute approximate surface area is 137 Å². The van der Waals surface area contributed by atoms with Gasteiger partial charge in [0.2, 0.25) is 5.91 Å². The standard InChI is InChI=1S/C15H28N2O4S/c1-11-8-17(9-12(2)20-11)13(18)10-22-7-6-16-14(19)21-15(3,4)5/h11-12H,6-10H2,1-5H3,(H,16,19). The summed E-state index contributed by atoms with van der Waals surface area (Å²) in [6.45, 7) is 11.2. The van der Waals surface area contributed by atoms with Crippen molar-refractivity contribution in [3.05, 3.63) is 0 Å². The molecule has 0 radical (unpaired) electrons. The van der Waals surface area contributed by atoms with Crippen LogP contribution >= 0.6 is 11.8 Å². The average Bonchev–Trinajstić information content (AvgIpc) is 2.34. The molecule has 1 aliphatic rings. The van der Waals surface area contributed by atoms with E-state index in [1.165, 1.54) is 11.8 Å². The van der Waals surface area contributed by atoms with Crippen molar-refractivity contribution < 1.29 is 19.1 Å². The van der Waals surface area contributed by atoms with E-state index in [-0.39, 0.29) is 18.1 Å². The number of carbonyl (C=O) groups is 2. The van der Waals surface area contributed by atoms with E-state index in [0.29, 0.717) is 31.1 Å². The van der Waals surface area contributed by atoms with Gasteiger partial charge in [0.25, 0.3) is 0 Å². The quantitative estimate of drug-likeness (QED) is 0.779. The predicted molar refractivity (Wildman–Crippen MR) is 88.2 cm³/mol. The Bertz CT molecular complexity index is 374. The number of hydrogen-bond donors (Lipinski definition) is 1. The maximum atomic E-state index is 12.1. The number of ether oxygens (including phenoxy) is 2. The minimum atomic E-state index is -0.489. The smallest absolute Gasteiger partial charge is 0.407 e. The van der Waals surface area contributed by atoms with Crippen LogP contribution in [0, 0.1) is 0 Å². The number of rotatable bonds is 5. The molecule has 0 bridgehead atoms. The molecule has 1 heterocycles. The van der Waals surface area contributed by atoms with Gasteiger partial charge in [-0.3, -0.25) is 4.79 Å². The summed E-state index contributed by atoms with van der Waals surface area (Å²) in [5, 5.41) is 2.68. The zero-order chi connectivity index (χ0) is 16.8. The van der Waals surface area contributed by atoms with Crippen LogP contribution in [0.1, 0.15) is 34.6 Å². The van der Waals surface area contributed by atoms with Gasteiger partial charge in [0.1, 0.15) is 5.60 Å². The number of thioether (sulfide) groups is 1. The third kappa shape index (κ3) is 7.89. The summed E-state index contributed by atoms with van der Waals surface area (Å²) in [5.41, 5.74) is -0.489. The van der Waals surface area contributed by atoms with E-state index in [1.54, 1.807) is 0 Å². The summed E-state index contributed by atoms with van der Waals surface area (Å²) < 4.78 is 10.7. The van der Waals surface area contributed by atoms with Crippen LogP contribution in [0.25, 0.3) is 0 Å². The Morgan fingerprint density at radius 3 is 2.41 bits per heavy atom. The molecule has 1 N–H and O–H groups in total. The van der Waals surface area contributed by atoms with Crippen molar-refractivity contribution in [2.24, 2.45) is 0 Å². The normalized spacial score (nSPS) is 22.3. The monoisotopic (exact) mass is 332 g/mol. The van der Waals surface area contributed by atoms with Gasteiger partial charge in [-0.1, -0.05) is 0 Å². The summed E-state index contributed by atoms with van der Waals surface area (Å²) in [7, 11) is 0. The lowest BCUT2D eigenvalue weighted by molar-refractivity contribution is -0.140. The van der Waals surface area contributed by atoms with E-state index in [2.05, 4.69) is 5.32 Å². The lowest BCUT2D eigenvalue weighted by Gasteiger charge is -2.35. The molecule has 128 valence electrons. The number of alkyl carbamates (subject to hydrolysis) is 1. The van der Waals surface area contributed by atoms with E-state index < -0.39 is 11.7 Å². The van der Waals surface area contributed by atoms with Gasteiger partial charge in [-0.15, -0.1) is 0 Å². The van der Waals surface area contributed by atoms with Crippen LogP contribution in [0.4, 0.5) is 4.79 Å². The van der Waals surface area contributed by atoms with Gasteiger partial charge in [-0.05, 0) is 34.6 Å². The first-order chi connectivity index (χ1) is 10.2. The van der Waals surface area contributed by atoms with Crippen LogP contribution in [-0.4, -0.2) is 65.8 Å². The molecular weight excluding hydrogens is 304 g/mol. The Morgan fingerprint density at radius 1 is 1.27 bits per heavy atom. The van der Waals surface area contributed by atoms with Gasteiger partial charge in [0.15, 0.2) is 0 Å². The number of amides is 2. The topological polar surface area (TPSA) is 67.9 Å². The Kier molecular flexibility index (Phi) is 7.48. The van der Waals surface area contributed by atoms with Gasteiger partial charge >= 0.3 is 6.09 Å². The second-order valence-electron chi connectivity index (χ2n) is 6.54. The van der Waals surface area contributed by atoms with Crippen LogP contribution in [0.2, 0.25) is 0 Å². The first-order valence-corrected chi connectivity index (χ1v) is 8.80. The third-order valence-electron chi connectivity index (χ3n) is 2.91. The number of morpholine rings is 1. The molecule has 0 aromatic carbocycles. The predicted octanol–water partition coefficient (Wildman–Crippen LogP) is 1.88. The number of nitrogens with one attached hydrogen (secondary N) is 1. The van der Waals surface area contributed by atoms with Gasteiger partial charge in [0.05, 0.1) is 18.0 Å². The highest BCUT2D eigenvalue weighted by Gasteiger charge is 2.25. The molecule has 0 aromatic rings. The third-order valence-corrected chi connectivity index (χ3v) is 3.86. The van der Waals surface area contributed by atoms with Crippen molar-refractivity contribution in [2.75, 3.05) is 31.1 Å². The van der Waals surface area contributed by atoms with Crippen molar-refractivity contribution in [1.82, 2.24) is 10.2 Å². The molecule has 1 aliphatic heterocycles. The molecular formula is C15H28N2O4S. The van der Waals surface area contributed by atoms with Crippen molar-refractivity contribution in [1.29, 1.82) is 0 Å². The van der Waals surface area contributed by atoms with Crippen molar-refractivity contribution >= 4 is 23.8 Å². The highest BCUT2D eigenvalue weighted by molar-refractivity contribution is 7.99. The fourth-order valence-corrected chi connectivity index (χ4v) is 2.92. The van der Waals surface area contributed by atoms with Gasteiger partial charge < -0.3 is 19.7 Å². The molecule has 1 saturated heterocycles. The molecule has 2 atom stereocenters. The molecule has 7 heteroatoms. The molecule has 0 spiro atoms. The van der Waals surface area contributed by atoms with Crippen LogP contribution in [-0.2, 0) is 14.3 Å². The SMILES string of the molecule is CC1CN(C(=O)CSCCNC(=O)OC(C)(C)C)CC(C)O1. The highest BCUT2D eigenvalue weighted by Crippen LogP contribution is 2.12. The van der Waals surface area contributed by atoms with E-state index in [1.807, 2.05) is 39.5 Å². The van der Waals surface area contributed by atoms with E-state index in [0.717, 1.165) is 0 Å². The van der Waals surface area contributed by atoms with Crippen LogP contribution in [0.15, 0.2) is 0 Å². The molecule has 6 nitrogen and oxygen atoms in total. The van der Waals surface area contributed by atoms with Crippen LogP contribution in [0.5, 0.6) is 0 Å². The van der Waals surface area contributed by atoms with Crippen molar-refractivity contribution in [2.45, 2.75) is 52.4 Å². The van der Waals surface area contributed by atoms with Crippen molar-refractivity contribution in [3.8, 4) is 0 Å². The number of hydrogen-bond acceptors (Lipinski definition) is 5. The molecule has 2 amide bonds. The van der Waals surface area contributed by atoms with E-state index >= 15 is 0 Å². The molecule has 0 saturated carbocycles. The fraction of sp³-hybridized carbons (Fsp3) is 0.867. The number of nitrogens with zero attached hydrogens (tertiary/aromatic N) is 1. The summed E-state index contributed by atoms with van der Waals surface area (Å²) in [4.78, 5) is 25.4. The first-order valence-electron chi connectivity index (χ1n) is 7.65. The minimum Gasteiger partial charge on any atom is -0.444 e. The molecule has 1 fully saturated rings. The molecule has 22 heavy (non-hydrogen) atoms.